The Morgan fingerprint density at radius 2 is 1.40 bits per heavy atom. The molecule has 2 aromatic heterocycles. The molecule has 1 aliphatic heterocycles. The molecular formula is C43H50N2+2. The summed E-state index contributed by atoms with van der Waals surface area (Å²) in [7, 11) is 0. The predicted molar refractivity (Wildman–Crippen MR) is 188 cm³/mol. The van der Waals surface area contributed by atoms with E-state index in [-0.39, 0.29) is 5.54 Å². The Morgan fingerprint density at radius 1 is 0.689 bits per heavy atom. The van der Waals surface area contributed by atoms with E-state index in [1.807, 2.05) is 0 Å². The minimum absolute atomic E-state index is 0.0315. The van der Waals surface area contributed by atoms with Crippen LogP contribution in [0.15, 0.2) is 109 Å². The minimum Gasteiger partial charge on any atom is -0.198 e. The zero-order valence-electron chi connectivity index (χ0n) is 28.0. The number of aryl methyl sites for hydroxylation is 3. The number of unbranched alkanes of at least 4 members (excludes halogenated alkanes) is 2. The van der Waals surface area contributed by atoms with Gasteiger partial charge in [0.1, 0.15) is 6.54 Å². The normalized spacial score (nSPS) is 15.0. The van der Waals surface area contributed by atoms with Gasteiger partial charge >= 0.3 is 0 Å². The molecule has 2 nitrogen and oxygen atoms in total. The lowest BCUT2D eigenvalue weighted by molar-refractivity contribution is -0.765. The Balaban J connectivity index is 1.42. The first-order valence-corrected chi connectivity index (χ1v) is 17.3. The van der Waals surface area contributed by atoms with E-state index >= 15 is 0 Å². The molecular weight excluding hydrogens is 544 g/mol. The molecule has 45 heavy (non-hydrogen) atoms. The van der Waals surface area contributed by atoms with Gasteiger partial charge in [0.15, 0.2) is 17.9 Å². The van der Waals surface area contributed by atoms with E-state index in [2.05, 4.69) is 153 Å². The molecule has 6 rings (SSSR count). The predicted octanol–water partition coefficient (Wildman–Crippen LogP) is 10.3. The zero-order valence-corrected chi connectivity index (χ0v) is 28.0. The summed E-state index contributed by atoms with van der Waals surface area (Å²) in [5.74, 6) is 0.414. The van der Waals surface area contributed by atoms with Crippen LogP contribution in [0.3, 0.4) is 0 Å². The van der Waals surface area contributed by atoms with Crippen molar-refractivity contribution < 1.29 is 9.13 Å². The molecule has 1 aliphatic rings. The minimum atomic E-state index is 0.0315. The van der Waals surface area contributed by atoms with Crippen LogP contribution in [0.4, 0.5) is 0 Å². The van der Waals surface area contributed by atoms with Crippen molar-refractivity contribution >= 4 is 0 Å². The lowest BCUT2D eigenvalue weighted by atomic mass is 9.68. The Bertz CT molecular complexity index is 1760. The second kappa shape index (κ2) is 13.5. The Hall–Kier alpha value is -4.04. The van der Waals surface area contributed by atoms with Gasteiger partial charge in [-0.05, 0) is 66.6 Å². The third kappa shape index (κ3) is 5.76. The highest BCUT2D eigenvalue weighted by atomic mass is 15.1. The van der Waals surface area contributed by atoms with Crippen molar-refractivity contribution in [2.45, 2.75) is 97.6 Å². The molecule has 0 N–H and O–H groups in total. The highest BCUT2D eigenvalue weighted by molar-refractivity contribution is 5.70. The second-order valence-electron chi connectivity index (χ2n) is 13.1. The van der Waals surface area contributed by atoms with Crippen molar-refractivity contribution in [3.8, 4) is 33.6 Å². The summed E-state index contributed by atoms with van der Waals surface area (Å²) in [5.41, 5.74) is 13.8. The van der Waals surface area contributed by atoms with E-state index in [9.17, 15) is 0 Å². The second-order valence-corrected chi connectivity index (χ2v) is 13.1. The molecule has 5 aromatic rings. The molecule has 0 bridgehead atoms. The number of nitrogens with zero attached hydrogens (tertiary/aromatic N) is 2. The highest BCUT2D eigenvalue weighted by Gasteiger charge is 2.52. The van der Waals surface area contributed by atoms with Gasteiger partial charge in [-0.3, -0.25) is 0 Å². The number of benzene rings is 3. The monoisotopic (exact) mass is 594 g/mol. The van der Waals surface area contributed by atoms with Gasteiger partial charge in [0.05, 0.1) is 11.5 Å². The van der Waals surface area contributed by atoms with Gasteiger partial charge in [-0.25, -0.2) is 0 Å². The first-order valence-electron chi connectivity index (χ1n) is 17.3. The van der Waals surface area contributed by atoms with Crippen LogP contribution in [0, 0.1) is 13.8 Å². The van der Waals surface area contributed by atoms with Crippen LogP contribution >= 0.6 is 0 Å². The van der Waals surface area contributed by atoms with Gasteiger partial charge in [0, 0.05) is 48.6 Å². The number of hydrogen-bond acceptors (Lipinski definition) is 0. The fourth-order valence-corrected chi connectivity index (χ4v) is 8.11. The Kier molecular flexibility index (Phi) is 9.31. The van der Waals surface area contributed by atoms with Gasteiger partial charge in [-0.15, -0.1) is 0 Å². The molecule has 0 saturated heterocycles. The van der Waals surface area contributed by atoms with E-state index in [0.717, 1.165) is 25.8 Å². The first kappa shape index (κ1) is 31.0. The third-order valence-electron chi connectivity index (χ3n) is 10.7. The van der Waals surface area contributed by atoms with Crippen LogP contribution in [-0.4, -0.2) is 0 Å². The fourth-order valence-electron chi connectivity index (χ4n) is 8.11. The molecule has 0 amide bonds. The topological polar surface area (TPSA) is 7.76 Å². The van der Waals surface area contributed by atoms with Gasteiger partial charge in [-0.1, -0.05) is 100 Å². The van der Waals surface area contributed by atoms with E-state index < -0.39 is 0 Å². The maximum Gasteiger partial charge on any atom is 0.216 e. The molecule has 0 saturated carbocycles. The molecule has 0 aliphatic carbocycles. The smallest absolute Gasteiger partial charge is 0.198 e. The van der Waals surface area contributed by atoms with Crippen LogP contribution in [0.5, 0.6) is 0 Å². The molecule has 1 unspecified atom stereocenters. The van der Waals surface area contributed by atoms with Crippen molar-refractivity contribution in [3.05, 3.63) is 132 Å². The van der Waals surface area contributed by atoms with E-state index in [4.69, 9.17) is 0 Å². The Morgan fingerprint density at radius 3 is 2.13 bits per heavy atom. The molecule has 0 radical (unpaired) electrons. The summed E-state index contributed by atoms with van der Waals surface area (Å²) < 4.78 is 5.21. The molecule has 0 spiro atoms. The maximum absolute atomic E-state index is 2.70. The van der Waals surface area contributed by atoms with E-state index in [0.29, 0.717) is 5.92 Å². The van der Waals surface area contributed by atoms with Crippen LogP contribution in [0.1, 0.15) is 87.5 Å². The van der Waals surface area contributed by atoms with E-state index in [1.165, 1.54) is 81.6 Å². The van der Waals surface area contributed by atoms with E-state index in [1.54, 1.807) is 0 Å². The molecule has 0 fully saturated rings. The third-order valence-corrected chi connectivity index (χ3v) is 10.7. The summed E-state index contributed by atoms with van der Waals surface area (Å²) in [5, 5.41) is 0. The van der Waals surface area contributed by atoms with Crippen LogP contribution < -0.4 is 9.13 Å². The first-order chi connectivity index (χ1) is 22.0. The summed E-state index contributed by atoms with van der Waals surface area (Å²) >= 11 is 0. The number of fused-ring (bicyclic) bond motifs is 3. The summed E-state index contributed by atoms with van der Waals surface area (Å²) in [4.78, 5) is 0. The summed E-state index contributed by atoms with van der Waals surface area (Å²) in [6.07, 6.45) is 13.1. The van der Waals surface area contributed by atoms with Crippen LogP contribution in [0.2, 0.25) is 0 Å². The summed E-state index contributed by atoms with van der Waals surface area (Å²) in [6.45, 7) is 12.7. The van der Waals surface area contributed by atoms with Gasteiger partial charge in [0.2, 0.25) is 11.4 Å². The fraction of sp³-hybridized carbons (Fsp3) is 0.349. The van der Waals surface area contributed by atoms with Crippen molar-refractivity contribution in [1.82, 2.24) is 0 Å². The lowest BCUT2D eigenvalue weighted by Gasteiger charge is -2.40. The molecule has 3 aromatic carbocycles. The Labute approximate surface area is 271 Å². The quantitative estimate of drug-likeness (QED) is 0.106. The van der Waals surface area contributed by atoms with Gasteiger partial charge in [0.25, 0.3) is 0 Å². The molecule has 1 atom stereocenters. The van der Waals surface area contributed by atoms with Crippen molar-refractivity contribution in [3.63, 3.8) is 0 Å². The number of hydrogen-bond donors (Lipinski definition) is 0. The van der Waals surface area contributed by atoms with Crippen molar-refractivity contribution in [2.75, 3.05) is 0 Å². The lowest BCUT2D eigenvalue weighted by Crippen LogP contribution is -2.63. The van der Waals surface area contributed by atoms with Gasteiger partial charge < -0.3 is 0 Å². The number of pyridine rings is 2. The highest BCUT2D eigenvalue weighted by Crippen LogP contribution is 2.48. The largest absolute Gasteiger partial charge is 0.216 e. The number of rotatable bonds is 11. The zero-order chi connectivity index (χ0) is 31.4. The molecule has 3 heterocycles. The maximum atomic E-state index is 2.70. The molecule has 2 heteroatoms. The van der Waals surface area contributed by atoms with Crippen LogP contribution in [-0.2, 0) is 18.5 Å². The van der Waals surface area contributed by atoms with Crippen LogP contribution in [0.25, 0.3) is 33.6 Å². The summed E-state index contributed by atoms with van der Waals surface area (Å²) in [6, 6.07) is 36.0. The van der Waals surface area contributed by atoms with Crippen molar-refractivity contribution in [1.29, 1.82) is 0 Å². The average Bonchev–Trinajstić information content (AvgIpc) is 3.08. The standard InChI is InChI=1S/C43H50N2/c1-6-9-11-19-34-26-30-45-42(33(34)5)39-24-17-16-23-38(39)40(43(45,7-2)8-3)27-29-44-28-25-36(35-20-12-10-13-21-35)31-41(44)37-22-15-14-18-32(37)4/h10,12-18,20-26,28,30-31,40H,6-9,11,19,27,29H2,1-5H3/q+2. The SMILES string of the molecule is CCCCCc1cc[n+]2c(c1C)-c1ccccc1C(CC[n+]1ccc(-c3ccccc3)cc1-c1ccccc1C)C2(CC)CC. The van der Waals surface area contributed by atoms with Crippen molar-refractivity contribution in [2.24, 2.45) is 0 Å². The molecule has 230 valence electrons. The average molecular weight is 595 g/mol. The number of aromatic nitrogens is 2. The van der Waals surface area contributed by atoms with Gasteiger partial charge in [-0.2, -0.15) is 9.13 Å².